The molecule has 0 amide bonds. The Morgan fingerprint density at radius 2 is 1.88 bits per heavy atom. The van der Waals surface area contributed by atoms with Gasteiger partial charge in [-0.3, -0.25) is 0 Å². The van der Waals surface area contributed by atoms with Gasteiger partial charge in [-0.25, -0.2) is 4.98 Å². The van der Waals surface area contributed by atoms with Crippen LogP contribution < -0.4 is 4.90 Å². The summed E-state index contributed by atoms with van der Waals surface area (Å²) in [5.41, 5.74) is 5.13. The van der Waals surface area contributed by atoms with E-state index >= 15 is 0 Å². The van der Waals surface area contributed by atoms with E-state index in [1.165, 1.54) is 16.9 Å². The number of fused-ring (bicyclic) bond motifs is 2. The Labute approximate surface area is 157 Å². The molecular formula is C22H19N3S. The van der Waals surface area contributed by atoms with Gasteiger partial charge in [0.25, 0.3) is 0 Å². The number of thiazole rings is 1. The van der Waals surface area contributed by atoms with Crippen molar-refractivity contribution >= 4 is 32.8 Å². The molecule has 0 bridgehead atoms. The van der Waals surface area contributed by atoms with Crippen molar-refractivity contribution in [2.24, 2.45) is 0 Å². The number of para-hydroxylation sites is 2. The molecule has 128 valence electrons. The van der Waals surface area contributed by atoms with Gasteiger partial charge in [-0.15, -0.1) is 11.3 Å². The maximum atomic E-state index is 9.65. The third-order valence-corrected chi connectivity index (χ3v) is 6.06. The van der Waals surface area contributed by atoms with Gasteiger partial charge in [0, 0.05) is 23.8 Å². The molecular weight excluding hydrogens is 338 g/mol. The summed E-state index contributed by atoms with van der Waals surface area (Å²) in [4.78, 5) is 6.82. The zero-order valence-corrected chi connectivity index (χ0v) is 15.8. The smallest absolute Gasteiger partial charge is 0.135 e. The lowest BCUT2D eigenvalue weighted by atomic mass is 9.83. The Hall–Kier alpha value is -2.90. The number of benzene rings is 2. The van der Waals surface area contributed by atoms with Gasteiger partial charge in [-0.05, 0) is 35.9 Å². The van der Waals surface area contributed by atoms with Crippen LogP contribution in [0.1, 0.15) is 24.4 Å². The first-order valence-corrected chi connectivity index (χ1v) is 9.36. The normalized spacial score (nSPS) is 17.5. The zero-order valence-electron chi connectivity index (χ0n) is 15.0. The molecule has 0 aliphatic carbocycles. The number of aromatic nitrogens is 1. The number of nitriles is 1. The molecule has 2 aromatic carbocycles. The van der Waals surface area contributed by atoms with Crippen molar-refractivity contribution in [2.45, 2.75) is 19.3 Å². The number of hydrogen-bond acceptors (Lipinski definition) is 4. The molecule has 1 aliphatic heterocycles. The summed E-state index contributed by atoms with van der Waals surface area (Å²) in [6.45, 7) is 4.44. The lowest BCUT2D eigenvalue weighted by molar-refractivity contribution is 0.640. The van der Waals surface area contributed by atoms with E-state index in [1.807, 2.05) is 30.3 Å². The summed E-state index contributed by atoms with van der Waals surface area (Å²) in [6, 6.07) is 18.7. The summed E-state index contributed by atoms with van der Waals surface area (Å²) < 4.78 is 1.10. The predicted molar refractivity (Wildman–Crippen MR) is 109 cm³/mol. The Morgan fingerprint density at radius 3 is 2.62 bits per heavy atom. The monoisotopic (exact) mass is 357 g/mol. The second-order valence-corrected chi connectivity index (χ2v) is 7.96. The van der Waals surface area contributed by atoms with Gasteiger partial charge in [-0.1, -0.05) is 44.2 Å². The molecule has 2 heterocycles. The summed E-state index contributed by atoms with van der Waals surface area (Å²) in [5, 5.41) is 10.4. The van der Waals surface area contributed by atoms with Crippen molar-refractivity contribution in [3.05, 3.63) is 77.0 Å². The van der Waals surface area contributed by atoms with Gasteiger partial charge < -0.3 is 4.90 Å². The fourth-order valence-electron chi connectivity index (χ4n) is 3.61. The Bertz CT molecular complexity index is 1060. The van der Waals surface area contributed by atoms with Crippen LogP contribution in [-0.4, -0.2) is 12.0 Å². The zero-order chi connectivity index (χ0) is 18.3. The molecule has 0 unspecified atom stereocenters. The topological polar surface area (TPSA) is 39.9 Å². The van der Waals surface area contributed by atoms with Crippen LogP contribution in [0.5, 0.6) is 0 Å². The fourth-order valence-corrected chi connectivity index (χ4v) is 4.55. The molecule has 0 radical (unpaired) electrons. The molecule has 0 fully saturated rings. The minimum absolute atomic E-state index is 0.101. The third kappa shape index (κ3) is 2.53. The molecule has 4 heteroatoms. The first-order chi connectivity index (χ1) is 12.5. The molecule has 0 saturated heterocycles. The molecule has 0 spiro atoms. The van der Waals surface area contributed by atoms with Gasteiger partial charge in [-0.2, -0.15) is 5.26 Å². The standard InChI is InChI=1S/C22H19N3S/c1-22(2)16-8-4-6-10-18(16)25(3)20(22)13-12-15(14-23)21-24-17-9-5-7-11-19(17)26-21/h4-13H,1-3H3/b15-12-,20-13-. The van der Waals surface area contributed by atoms with Gasteiger partial charge in [0.2, 0.25) is 0 Å². The number of nitrogens with zero attached hydrogens (tertiary/aromatic N) is 3. The average molecular weight is 357 g/mol. The molecule has 26 heavy (non-hydrogen) atoms. The van der Waals surface area contributed by atoms with Crippen molar-refractivity contribution < 1.29 is 0 Å². The van der Waals surface area contributed by atoms with Crippen LogP contribution in [0.3, 0.4) is 0 Å². The van der Waals surface area contributed by atoms with E-state index in [9.17, 15) is 5.26 Å². The Balaban J connectivity index is 1.77. The highest BCUT2D eigenvalue weighted by Gasteiger charge is 2.37. The fraction of sp³-hybridized carbons (Fsp3) is 0.182. The largest absolute Gasteiger partial charge is 0.347 e. The van der Waals surface area contributed by atoms with E-state index in [4.69, 9.17) is 0 Å². The number of hydrogen-bond donors (Lipinski definition) is 0. The first kappa shape index (κ1) is 16.6. The van der Waals surface area contributed by atoms with E-state index in [-0.39, 0.29) is 5.41 Å². The van der Waals surface area contributed by atoms with Crippen molar-refractivity contribution in [1.82, 2.24) is 4.98 Å². The minimum Gasteiger partial charge on any atom is -0.347 e. The summed E-state index contributed by atoms with van der Waals surface area (Å²) >= 11 is 1.56. The minimum atomic E-state index is -0.101. The lowest BCUT2D eigenvalue weighted by Gasteiger charge is -2.23. The molecule has 4 rings (SSSR count). The molecule has 1 aliphatic rings. The van der Waals surface area contributed by atoms with Crippen LogP contribution in [0.2, 0.25) is 0 Å². The van der Waals surface area contributed by atoms with Crippen LogP contribution in [0.4, 0.5) is 5.69 Å². The molecule has 1 aromatic heterocycles. The molecule has 3 nitrogen and oxygen atoms in total. The van der Waals surface area contributed by atoms with Crippen molar-refractivity contribution in [3.8, 4) is 6.07 Å². The number of anilines is 1. The quantitative estimate of drug-likeness (QED) is 0.567. The summed E-state index contributed by atoms with van der Waals surface area (Å²) in [5.74, 6) is 0. The third-order valence-electron chi connectivity index (χ3n) is 4.99. The highest BCUT2D eigenvalue weighted by molar-refractivity contribution is 7.19. The second kappa shape index (κ2) is 6.12. The van der Waals surface area contributed by atoms with Crippen LogP contribution in [0, 0.1) is 11.3 Å². The van der Waals surface area contributed by atoms with Crippen LogP contribution in [-0.2, 0) is 5.41 Å². The predicted octanol–water partition coefficient (Wildman–Crippen LogP) is 5.51. The Morgan fingerprint density at radius 1 is 1.15 bits per heavy atom. The van der Waals surface area contributed by atoms with Crippen molar-refractivity contribution in [3.63, 3.8) is 0 Å². The molecule has 0 N–H and O–H groups in total. The van der Waals surface area contributed by atoms with E-state index in [0.29, 0.717) is 5.57 Å². The van der Waals surface area contributed by atoms with Crippen molar-refractivity contribution in [1.29, 1.82) is 5.26 Å². The van der Waals surface area contributed by atoms with E-state index in [2.05, 4.69) is 67.2 Å². The van der Waals surface area contributed by atoms with Crippen LogP contribution in [0.15, 0.2) is 66.4 Å². The van der Waals surface area contributed by atoms with Gasteiger partial charge in [0.15, 0.2) is 0 Å². The number of allylic oxidation sites excluding steroid dienone is 4. The van der Waals surface area contributed by atoms with E-state index in [0.717, 1.165) is 15.2 Å². The van der Waals surface area contributed by atoms with E-state index < -0.39 is 0 Å². The molecule has 0 saturated carbocycles. The highest BCUT2D eigenvalue weighted by atomic mass is 32.1. The second-order valence-electron chi connectivity index (χ2n) is 6.93. The molecule has 3 aromatic rings. The average Bonchev–Trinajstić information content (AvgIpc) is 3.15. The van der Waals surface area contributed by atoms with Crippen LogP contribution in [0.25, 0.3) is 15.8 Å². The summed E-state index contributed by atoms with van der Waals surface area (Å²) in [7, 11) is 2.08. The lowest BCUT2D eigenvalue weighted by Crippen LogP contribution is -2.22. The first-order valence-electron chi connectivity index (χ1n) is 8.54. The maximum Gasteiger partial charge on any atom is 0.135 e. The maximum absolute atomic E-state index is 9.65. The number of likely N-dealkylation sites (N-methyl/N-ethyl adjacent to an activating group) is 1. The van der Waals surface area contributed by atoms with Crippen molar-refractivity contribution in [2.75, 3.05) is 11.9 Å². The van der Waals surface area contributed by atoms with E-state index in [1.54, 1.807) is 11.3 Å². The highest BCUT2D eigenvalue weighted by Crippen LogP contribution is 2.46. The molecule has 0 atom stereocenters. The number of rotatable bonds is 2. The van der Waals surface area contributed by atoms with Gasteiger partial charge in [0.1, 0.15) is 11.1 Å². The van der Waals surface area contributed by atoms with Crippen LogP contribution >= 0.6 is 11.3 Å². The van der Waals surface area contributed by atoms with Gasteiger partial charge >= 0.3 is 0 Å². The Kier molecular flexibility index (Phi) is 3.90. The summed E-state index contributed by atoms with van der Waals surface area (Å²) in [6.07, 6.45) is 3.96. The van der Waals surface area contributed by atoms with Gasteiger partial charge in [0.05, 0.1) is 15.8 Å². The SMILES string of the molecule is CN1/C(=C\C=C(\C#N)c2nc3ccccc3s2)C(C)(C)c2ccccc21.